The van der Waals surface area contributed by atoms with Crippen LogP contribution in [0.3, 0.4) is 0 Å². The number of aromatic nitrogens is 2. The molecular formula is C30H32F3N7O3. The van der Waals surface area contributed by atoms with Crippen LogP contribution in [0.1, 0.15) is 12.5 Å². The van der Waals surface area contributed by atoms with Gasteiger partial charge in [-0.25, -0.2) is 4.98 Å². The summed E-state index contributed by atoms with van der Waals surface area (Å²) in [4.78, 5) is 24.1. The first-order valence-electron chi connectivity index (χ1n) is 13.9. The van der Waals surface area contributed by atoms with Gasteiger partial charge in [-0.3, -0.25) is 4.79 Å². The van der Waals surface area contributed by atoms with E-state index in [1.165, 1.54) is 7.11 Å². The molecule has 3 aliphatic rings. The number of halogens is 3. The lowest BCUT2D eigenvalue weighted by atomic mass is 10.0. The largest absolute Gasteiger partial charge is 0.494 e. The molecule has 3 N–H and O–H groups in total. The highest BCUT2D eigenvalue weighted by atomic mass is 19.4. The Bertz CT molecular complexity index is 1530. The molecule has 226 valence electrons. The number of carbonyl (C=O) groups excluding carboxylic acids is 1. The Hall–Kier alpha value is -4.52. The number of nitrogens with one attached hydrogen (secondary N) is 3. The highest BCUT2D eigenvalue weighted by Gasteiger charge is 2.42. The van der Waals surface area contributed by atoms with Gasteiger partial charge >= 0.3 is 6.18 Å². The van der Waals surface area contributed by atoms with Gasteiger partial charge in [0.25, 0.3) is 0 Å². The Morgan fingerprint density at radius 2 is 1.84 bits per heavy atom. The third-order valence-electron chi connectivity index (χ3n) is 8.09. The number of hydrogen-bond donors (Lipinski definition) is 3. The van der Waals surface area contributed by atoms with Gasteiger partial charge in [0.2, 0.25) is 11.9 Å². The Kier molecular flexibility index (Phi) is 7.28. The molecule has 3 saturated heterocycles. The average molecular weight is 596 g/mol. The van der Waals surface area contributed by atoms with Crippen molar-refractivity contribution in [2.45, 2.75) is 18.8 Å². The van der Waals surface area contributed by atoms with Gasteiger partial charge < -0.3 is 35.2 Å². The van der Waals surface area contributed by atoms with E-state index in [1.54, 1.807) is 43.3 Å². The van der Waals surface area contributed by atoms with Crippen LogP contribution < -0.4 is 25.6 Å². The van der Waals surface area contributed by atoms with E-state index in [9.17, 15) is 18.0 Å². The van der Waals surface area contributed by atoms with Crippen molar-refractivity contribution in [3.05, 3.63) is 66.9 Å². The maximum absolute atomic E-state index is 13.9. The molecule has 3 aromatic rings. The van der Waals surface area contributed by atoms with Gasteiger partial charge in [0.1, 0.15) is 23.7 Å². The standard InChI is InChI=1S/C30H32F3N7O3/c1-4-29(17-43-29)38-22-7-5-6-21(10-22)35-27-24(30(31,32)33)12-34-28(37-27)36-25-9-8-23(11-26(25)42-3)40-15-19-13-39(18(2)41)14-20(19)16-40/h4-12,19-20,38H,1,13-17H2,2-3H3,(H2,34,35,36,37)/t19-,20+,29?. The van der Waals surface area contributed by atoms with Crippen LogP contribution in [-0.2, 0) is 15.7 Å². The second-order valence-corrected chi connectivity index (χ2v) is 11.0. The molecule has 43 heavy (non-hydrogen) atoms. The molecule has 2 aromatic carbocycles. The van der Waals surface area contributed by atoms with Crippen LogP contribution in [-0.4, -0.2) is 66.4 Å². The molecule has 0 saturated carbocycles. The lowest BCUT2D eigenvalue weighted by Crippen LogP contribution is -2.31. The van der Waals surface area contributed by atoms with Crippen molar-refractivity contribution in [2.75, 3.05) is 60.7 Å². The highest BCUT2D eigenvalue weighted by molar-refractivity contribution is 5.74. The summed E-state index contributed by atoms with van der Waals surface area (Å²) in [6.07, 6.45) is -2.30. The van der Waals surface area contributed by atoms with Gasteiger partial charge in [0.05, 0.1) is 12.8 Å². The van der Waals surface area contributed by atoms with Crippen LogP contribution in [0.5, 0.6) is 5.75 Å². The van der Waals surface area contributed by atoms with Gasteiger partial charge in [-0.15, -0.1) is 0 Å². The number of rotatable bonds is 9. The van der Waals surface area contributed by atoms with E-state index in [0.717, 1.165) is 38.1 Å². The molecule has 0 radical (unpaired) electrons. The van der Waals surface area contributed by atoms with Gasteiger partial charge in [0.15, 0.2) is 5.72 Å². The molecule has 0 bridgehead atoms. The third-order valence-corrected chi connectivity index (χ3v) is 8.09. The quantitative estimate of drug-likeness (QED) is 0.227. The van der Waals surface area contributed by atoms with E-state index in [2.05, 4.69) is 37.4 Å². The minimum atomic E-state index is -4.68. The highest BCUT2D eigenvalue weighted by Crippen LogP contribution is 2.39. The number of likely N-dealkylation sites (tertiary alicyclic amines) is 1. The lowest BCUT2D eigenvalue weighted by molar-refractivity contribution is -0.137. The first-order chi connectivity index (χ1) is 20.6. The van der Waals surface area contributed by atoms with E-state index in [4.69, 9.17) is 9.47 Å². The first kappa shape index (κ1) is 28.6. The van der Waals surface area contributed by atoms with Crippen molar-refractivity contribution < 1.29 is 27.4 Å². The SMILES string of the molecule is C=CC1(Nc2cccc(Nc3nc(Nc4ccc(N5C[C@H]6CN(C(C)=O)C[C@H]6C5)cc4OC)ncc3C(F)(F)F)c2)CO1. The molecule has 1 aromatic heterocycles. The fourth-order valence-corrected chi connectivity index (χ4v) is 5.68. The lowest BCUT2D eigenvalue weighted by Gasteiger charge is -2.23. The molecule has 1 unspecified atom stereocenters. The normalized spacial score (nSPS) is 22.6. The van der Waals surface area contributed by atoms with Crippen molar-refractivity contribution in [1.82, 2.24) is 14.9 Å². The molecule has 3 aliphatic heterocycles. The number of anilines is 6. The summed E-state index contributed by atoms with van der Waals surface area (Å²) in [5.74, 6) is 1.00. The predicted molar refractivity (Wildman–Crippen MR) is 157 cm³/mol. The number of nitrogens with zero attached hydrogens (tertiary/aromatic N) is 4. The second-order valence-electron chi connectivity index (χ2n) is 11.0. The number of alkyl halides is 3. The number of methoxy groups -OCH3 is 1. The Morgan fingerprint density at radius 1 is 1.12 bits per heavy atom. The fourth-order valence-electron chi connectivity index (χ4n) is 5.68. The molecule has 1 amide bonds. The van der Waals surface area contributed by atoms with Crippen LogP contribution in [0.2, 0.25) is 0 Å². The maximum Gasteiger partial charge on any atom is 0.421 e. The average Bonchev–Trinajstić information content (AvgIpc) is 3.44. The third kappa shape index (κ3) is 6.03. The molecule has 4 heterocycles. The minimum Gasteiger partial charge on any atom is -0.494 e. The summed E-state index contributed by atoms with van der Waals surface area (Å²) in [6.45, 7) is 9.00. The summed E-state index contributed by atoms with van der Waals surface area (Å²) in [7, 11) is 1.53. The van der Waals surface area contributed by atoms with Crippen LogP contribution >= 0.6 is 0 Å². The Labute approximate surface area is 246 Å². The molecule has 10 nitrogen and oxygen atoms in total. The van der Waals surface area contributed by atoms with Gasteiger partial charge in [-0.1, -0.05) is 12.6 Å². The molecule has 3 fully saturated rings. The van der Waals surface area contributed by atoms with Crippen molar-refractivity contribution in [3.63, 3.8) is 0 Å². The fraction of sp³-hybridized carbons (Fsp3) is 0.367. The van der Waals surface area contributed by atoms with Crippen LogP contribution in [0.4, 0.5) is 47.7 Å². The molecule has 3 atom stereocenters. The monoisotopic (exact) mass is 595 g/mol. The number of benzene rings is 2. The number of epoxide rings is 1. The predicted octanol–water partition coefficient (Wildman–Crippen LogP) is 5.23. The summed E-state index contributed by atoms with van der Waals surface area (Å²) >= 11 is 0. The maximum atomic E-state index is 13.9. The van der Waals surface area contributed by atoms with Crippen molar-refractivity contribution in [1.29, 1.82) is 0 Å². The van der Waals surface area contributed by atoms with Gasteiger partial charge in [-0.2, -0.15) is 18.2 Å². The van der Waals surface area contributed by atoms with Crippen molar-refractivity contribution in [3.8, 4) is 5.75 Å². The minimum absolute atomic E-state index is 0.0344. The zero-order chi connectivity index (χ0) is 30.4. The number of carbonyl (C=O) groups is 1. The van der Waals surface area contributed by atoms with Gasteiger partial charge in [0, 0.05) is 74.3 Å². The number of ether oxygens (including phenoxy) is 2. The molecule has 13 heteroatoms. The van der Waals surface area contributed by atoms with E-state index >= 15 is 0 Å². The number of fused-ring (bicyclic) bond motifs is 1. The zero-order valence-corrected chi connectivity index (χ0v) is 23.7. The summed E-state index contributed by atoms with van der Waals surface area (Å²) in [5, 5.41) is 8.97. The second kappa shape index (κ2) is 11.0. The molecule has 0 spiro atoms. The van der Waals surface area contributed by atoms with E-state index in [-0.39, 0.29) is 11.9 Å². The van der Waals surface area contributed by atoms with Gasteiger partial charge in [-0.05, 0) is 36.4 Å². The Balaban J connectivity index is 1.20. The first-order valence-corrected chi connectivity index (χ1v) is 13.9. The number of amides is 1. The van der Waals surface area contributed by atoms with E-state index in [0.29, 0.717) is 41.3 Å². The van der Waals surface area contributed by atoms with E-state index < -0.39 is 23.3 Å². The van der Waals surface area contributed by atoms with E-state index in [1.807, 2.05) is 17.0 Å². The summed E-state index contributed by atoms with van der Waals surface area (Å²) in [6, 6.07) is 12.4. The van der Waals surface area contributed by atoms with Crippen molar-refractivity contribution >= 4 is 40.4 Å². The molecule has 6 rings (SSSR count). The smallest absolute Gasteiger partial charge is 0.421 e. The molecular weight excluding hydrogens is 563 g/mol. The topological polar surface area (TPSA) is 107 Å². The molecule has 0 aliphatic carbocycles. The summed E-state index contributed by atoms with van der Waals surface area (Å²) in [5.41, 5.74) is 0.833. The van der Waals surface area contributed by atoms with Crippen LogP contribution in [0.25, 0.3) is 0 Å². The van der Waals surface area contributed by atoms with Crippen LogP contribution in [0, 0.1) is 11.8 Å². The Morgan fingerprint density at radius 3 is 2.47 bits per heavy atom. The van der Waals surface area contributed by atoms with Crippen LogP contribution in [0.15, 0.2) is 61.3 Å². The summed E-state index contributed by atoms with van der Waals surface area (Å²) < 4.78 is 52.7. The van der Waals surface area contributed by atoms with Crippen molar-refractivity contribution in [2.24, 2.45) is 11.8 Å². The zero-order valence-electron chi connectivity index (χ0n) is 23.7. The number of hydrogen-bond acceptors (Lipinski definition) is 9.